The number of carbonyl (C=O) groups is 2. The lowest BCUT2D eigenvalue weighted by Crippen LogP contribution is -2.27. The molecular weight excluding hydrogens is 392 g/mol. The molecule has 3 rings (SSSR count). The van der Waals surface area contributed by atoms with E-state index in [2.05, 4.69) is 15.0 Å². The van der Waals surface area contributed by atoms with Gasteiger partial charge in [0, 0.05) is 26.2 Å². The summed E-state index contributed by atoms with van der Waals surface area (Å²) in [5, 5.41) is 23.0. The second-order valence-electron chi connectivity index (χ2n) is 7.57. The SMILES string of the molecule is C1CCCNCC1.N.O=C(O)ON1CCCCCC1.O=C(O)ON1CCCCCC1. The van der Waals surface area contributed by atoms with Crippen molar-refractivity contribution in [3.63, 3.8) is 0 Å². The second-order valence-corrected chi connectivity index (χ2v) is 7.57. The largest absolute Gasteiger partial charge is 0.525 e. The van der Waals surface area contributed by atoms with Crippen molar-refractivity contribution < 1.29 is 29.5 Å². The number of hydroxylamine groups is 4. The molecule has 3 fully saturated rings. The van der Waals surface area contributed by atoms with E-state index in [1.54, 1.807) is 0 Å². The van der Waals surface area contributed by atoms with Crippen molar-refractivity contribution >= 4 is 12.3 Å². The molecule has 0 aromatic heterocycles. The molecule has 0 atom stereocenters. The molecule has 0 radical (unpaired) electrons. The third kappa shape index (κ3) is 17.3. The molecule has 0 bridgehead atoms. The van der Waals surface area contributed by atoms with Crippen molar-refractivity contribution in [3.05, 3.63) is 0 Å². The highest BCUT2D eigenvalue weighted by atomic mass is 16.8. The standard InChI is InChI=1S/2C7H13NO3.C6H13N.H3N/c2*9-7(10)11-8-5-3-1-2-4-6-8;1-2-4-6-7-5-3-1;/h2*1-6H2,(H,9,10);7H,1-6H2;1H3. The van der Waals surface area contributed by atoms with Crippen LogP contribution in [-0.4, -0.2) is 71.9 Å². The van der Waals surface area contributed by atoms with Crippen LogP contribution in [0.3, 0.4) is 0 Å². The summed E-state index contributed by atoms with van der Waals surface area (Å²) in [5.74, 6) is 0. The lowest BCUT2D eigenvalue weighted by Gasteiger charge is -2.15. The number of hydrogen-bond donors (Lipinski definition) is 4. The highest BCUT2D eigenvalue weighted by Gasteiger charge is 2.13. The Hall–Kier alpha value is -1.62. The van der Waals surface area contributed by atoms with E-state index in [1.807, 2.05) is 0 Å². The monoisotopic (exact) mass is 434 g/mol. The number of hydrogen-bond acceptors (Lipinski definition) is 8. The first-order valence-electron chi connectivity index (χ1n) is 11.1. The number of nitrogens with one attached hydrogen (secondary N) is 1. The van der Waals surface area contributed by atoms with Crippen molar-refractivity contribution in [1.29, 1.82) is 0 Å². The average Bonchev–Trinajstić information content (AvgIpc) is 3.20. The minimum absolute atomic E-state index is 0. The van der Waals surface area contributed by atoms with E-state index in [1.165, 1.54) is 74.6 Å². The van der Waals surface area contributed by atoms with Gasteiger partial charge in [-0.1, -0.05) is 38.5 Å². The van der Waals surface area contributed by atoms with Crippen molar-refractivity contribution in [2.75, 3.05) is 39.3 Å². The van der Waals surface area contributed by atoms with Crippen LogP contribution in [0.2, 0.25) is 0 Å². The van der Waals surface area contributed by atoms with Gasteiger partial charge in [0.25, 0.3) is 0 Å². The zero-order valence-electron chi connectivity index (χ0n) is 18.4. The molecule has 10 heteroatoms. The third-order valence-electron chi connectivity index (χ3n) is 5.00. The maximum Gasteiger partial charge on any atom is 0.525 e. The van der Waals surface area contributed by atoms with Gasteiger partial charge in [0.1, 0.15) is 0 Å². The molecule has 30 heavy (non-hydrogen) atoms. The van der Waals surface area contributed by atoms with Crippen molar-refractivity contribution in [1.82, 2.24) is 21.6 Å². The van der Waals surface area contributed by atoms with Gasteiger partial charge in [0.05, 0.1) is 0 Å². The van der Waals surface area contributed by atoms with Gasteiger partial charge in [-0.2, -0.15) is 0 Å². The summed E-state index contributed by atoms with van der Waals surface area (Å²) in [4.78, 5) is 29.3. The van der Waals surface area contributed by atoms with Crippen LogP contribution in [0.4, 0.5) is 9.59 Å². The van der Waals surface area contributed by atoms with E-state index in [-0.39, 0.29) is 6.15 Å². The van der Waals surface area contributed by atoms with Crippen LogP contribution in [0.25, 0.3) is 0 Å². The molecule has 0 saturated carbocycles. The first-order chi connectivity index (χ1) is 14.1. The molecule has 0 aromatic rings. The Morgan fingerprint density at radius 2 is 0.867 bits per heavy atom. The second kappa shape index (κ2) is 19.3. The van der Waals surface area contributed by atoms with E-state index < -0.39 is 12.3 Å². The Balaban J connectivity index is 0.000000424. The van der Waals surface area contributed by atoms with Gasteiger partial charge < -0.3 is 31.4 Å². The molecule has 3 aliphatic rings. The van der Waals surface area contributed by atoms with Crippen LogP contribution in [0.5, 0.6) is 0 Å². The Bertz CT molecular complexity index is 374. The van der Waals surface area contributed by atoms with Crippen molar-refractivity contribution in [2.45, 2.75) is 77.0 Å². The molecule has 0 unspecified atom stereocenters. The zero-order chi connectivity index (χ0) is 21.2. The molecule has 0 aliphatic carbocycles. The molecule has 3 saturated heterocycles. The summed E-state index contributed by atoms with van der Waals surface area (Å²) in [6.45, 7) is 5.47. The maximum atomic E-state index is 10.1. The molecule has 0 aromatic carbocycles. The van der Waals surface area contributed by atoms with E-state index in [0.717, 1.165) is 51.9 Å². The fourth-order valence-electron chi connectivity index (χ4n) is 3.47. The zero-order valence-corrected chi connectivity index (χ0v) is 18.4. The van der Waals surface area contributed by atoms with Crippen molar-refractivity contribution in [2.24, 2.45) is 0 Å². The van der Waals surface area contributed by atoms with E-state index in [4.69, 9.17) is 10.2 Å². The van der Waals surface area contributed by atoms with Gasteiger partial charge in [-0.25, -0.2) is 9.59 Å². The molecule has 0 spiro atoms. The Morgan fingerprint density at radius 3 is 1.17 bits per heavy atom. The molecule has 3 heterocycles. The van der Waals surface area contributed by atoms with Gasteiger partial charge in [0.2, 0.25) is 0 Å². The lowest BCUT2D eigenvalue weighted by molar-refractivity contribution is -0.117. The van der Waals surface area contributed by atoms with Crippen LogP contribution >= 0.6 is 0 Å². The first-order valence-corrected chi connectivity index (χ1v) is 11.1. The van der Waals surface area contributed by atoms with Gasteiger partial charge in [0.15, 0.2) is 0 Å². The lowest BCUT2D eigenvalue weighted by atomic mass is 10.2. The summed E-state index contributed by atoms with van der Waals surface area (Å²) < 4.78 is 0. The fraction of sp³-hybridized carbons (Fsp3) is 0.900. The molecule has 178 valence electrons. The highest BCUT2D eigenvalue weighted by Crippen LogP contribution is 2.10. The fourth-order valence-corrected chi connectivity index (χ4v) is 3.47. The minimum atomic E-state index is -1.20. The van der Waals surface area contributed by atoms with Gasteiger partial charge in [-0.05, 0) is 51.6 Å². The molecule has 6 N–H and O–H groups in total. The molecule has 0 amide bonds. The summed E-state index contributed by atoms with van der Waals surface area (Å²) in [7, 11) is 0. The van der Waals surface area contributed by atoms with Gasteiger partial charge >= 0.3 is 12.3 Å². The van der Waals surface area contributed by atoms with E-state index in [9.17, 15) is 9.59 Å². The third-order valence-corrected chi connectivity index (χ3v) is 5.00. The Morgan fingerprint density at radius 1 is 0.567 bits per heavy atom. The summed E-state index contributed by atoms with van der Waals surface area (Å²) in [6.07, 6.45) is 12.1. The average molecular weight is 435 g/mol. The number of carboxylic acid groups (broad SMARTS) is 2. The van der Waals surface area contributed by atoms with Crippen LogP contribution in [0, 0.1) is 0 Å². The maximum absolute atomic E-state index is 10.1. The summed E-state index contributed by atoms with van der Waals surface area (Å²) in [6, 6.07) is 0. The molecule has 3 aliphatic heterocycles. The predicted octanol–water partition coefficient (Wildman–Crippen LogP) is 4.26. The van der Waals surface area contributed by atoms with E-state index in [0.29, 0.717) is 0 Å². The minimum Gasteiger partial charge on any atom is -0.448 e. The highest BCUT2D eigenvalue weighted by molar-refractivity contribution is 5.56. The topological polar surface area (TPSA) is 147 Å². The van der Waals surface area contributed by atoms with E-state index >= 15 is 0 Å². The smallest absolute Gasteiger partial charge is 0.448 e. The van der Waals surface area contributed by atoms with Crippen LogP contribution in [-0.2, 0) is 9.68 Å². The molecular formula is C20H42N4O6. The van der Waals surface area contributed by atoms with Crippen LogP contribution in [0.1, 0.15) is 77.0 Å². The summed E-state index contributed by atoms with van der Waals surface area (Å²) in [5.41, 5.74) is 0. The van der Waals surface area contributed by atoms with Crippen LogP contribution in [0.15, 0.2) is 0 Å². The number of rotatable bonds is 2. The summed E-state index contributed by atoms with van der Waals surface area (Å²) >= 11 is 0. The number of nitrogens with zero attached hydrogens (tertiary/aromatic N) is 2. The van der Waals surface area contributed by atoms with Gasteiger partial charge in [-0.15, -0.1) is 10.1 Å². The van der Waals surface area contributed by atoms with Crippen LogP contribution < -0.4 is 11.5 Å². The Kier molecular flexibility index (Phi) is 18.3. The Labute approximate surface area is 180 Å². The normalized spacial score (nSPS) is 20.8. The first kappa shape index (κ1) is 28.4. The predicted molar refractivity (Wildman–Crippen MR) is 115 cm³/mol. The van der Waals surface area contributed by atoms with Crippen molar-refractivity contribution in [3.8, 4) is 0 Å². The van der Waals surface area contributed by atoms with Gasteiger partial charge in [-0.3, -0.25) is 0 Å². The molecule has 10 nitrogen and oxygen atoms in total. The quantitative estimate of drug-likeness (QED) is 0.497.